The lowest BCUT2D eigenvalue weighted by molar-refractivity contribution is 0.142. The lowest BCUT2D eigenvalue weighted by Crippen LogP contribution is -2.45. The third kappa shape index (κ3) is 5.23. The summed E-state index contributed by atoms with van der Waals surface area (Å²) in [6, 6.07) is 1.14. The van der Waals surface area contributed by atoms with Crippen molar-refractivity contribution < 1.29 is 9.90 Å². The Labute approximate surface area is 110 Å². The molecule has 0 aromatic heterocycles. The van der Waals surface area contributed by atoms with Crippen LogP contribution in [0.4, 0.5) is 4.79 Å². The van der Waals surface area contributed by atoms with Crippen molar-refractivity contribution in [2.75, 3.05) is 26.7 Å². The summed E-state index contributed by atoms with van der Waals surface area (Å²) >= 11 is 0. The fourth-order valence-electron chi connectivity index (χ4n) is 2.17. The van der Waals surface area contributed by atoms with Crippen molar-refractivity contribution in [1.82, 2.24) is 15.1 Å². The largest absolute Gasteiger partial charge is 0.392 e. The number of carbonyl (C=O) groups excluding carboxylic acids is 1. The number of rotatable bonds is 7. The third-order valence-corrected chi connectivity index (χ3v) is 3.21. The molecule has 5 heteroatoms. The summed E-state index contributed by atoms with van der Waals surface area (Å²) in [5.41, 5.74) is 0. The first-order valence-corrected chi connectivity index (χ1v) is 6.84. The average molecular weight is 257 g/mol. The molecule has 0 bridgehead atoms. The molecule has 1 aliphatic carbocycles. The average Bonchev–Trinajstić information content (AvgIpc) is 3.06. The van der Waals surface area contributed by atoms with Crippen LogP contribution in [0.1, 0.15) is 33.6 Å². The van der Waals surface area contributed by atoms with Crippen LogP contribution in [-0.4, -0.2) is 65.8 Å². The first kappa shape index (κ1) is 15.2. The van der Waals surface area contributed by atoms with Gasteiger partial charge in [-0.25, -0.2) is 4.79 Å². The molecule has 18 heavy (non-hydrogen) atoms. The maximum atomic E-state index is 11.7. The van der Waals surface area contributed by atoms with Gasteiger partial charge >= 0.3 is 6.03 Å². The van der Waals surface area contributed by atoms with E-state index in [1.807, 2.05) is 0 Å². The van der Waals surface area contributed by atoms with Gasteiger partial charge in [-0.1, -0.05) is 0 Å². The minimum absolute atomic E-state index is 0.115. The zero-order valence-corrected chi connectivity index (χ0v) is 12.0. The van der Waals surface area contributed by atoms with Gasteiger partial charge in [0.05, 0.1) is 6.10 Å². The van der Waals surface area contributed by atoms with Crippen LogP contribution in [0.25, 0.3) is 0 Å². The van der Waals surface area contributed by atoms with E-state index in [-0.39, 0.29) is 6.03 Å². The van der Waals surface area contributed by atoms with Crippen LogP contribution >= 0.6 is 0 Å². The molecule has 2 N–H and O–H groups in total. The number of nitrogens with zero attached hydrogens (tertiary/aromatic N) is 2. The number of carbonyl (C=O) groups is 1. The Morgan fingerprint density at radius 2 is 2.00 bits per heavy atom. The fourth-order valence-corrected chi connectivity index (χ4v) is 2.17. The monoisotopic (exact) mass is 257 g/mol. The van der Waals surface area contributed by atoms with Gasteiger partial charge in [-0.15, -0.1) is 0 Å². The number of aliphatic hydroxyl groups is 1. The first-order valence-electron chi connectivity index (χ1n) is 6.84. The highest BCUT2D eigenvalue weighted by Gasteiger charge is 2.30. The van der Waals surface area contributed by atoms with Gasteiger partial charge < -0.3 is 15.3 Å². The number of aliphatic hydroxyl groups excluding tert-OH is 1. The second-order valence-corrected chi connectivity index (χ2v) is 5.52. The Kier molecular flexibility index (Phi) is 5.88. The molecule has 1 rings (SSSR count). The normalized spacial score (nSPS) is 17.1. The molecule has 5 nitrogen and oxygen atoms in total. The maximum absolute atomic E-state index is 11.7. The van der Waals surface area contributed by atoms with Gasteiger partial charge in [0.1, 0.15) is 0 Å². The Morgan fingerprint density at radius 1 is 1.39 bits per heavy atom. The lowest BCUT2D eigenvalue weighted by Gasteiger charge is -2.27. The molecule has 0 heterocycles. The summed E-state index contributed by atoms with van der Waals surface area (Å²) in [5, 5.41) is 12.1. The molecule has 1 saturated carbocycles. The van der Waals surface area contributed by atoms with Gasteiger partial charge in [0.2, 0.25) is 0 Å². The van der Waals surface area contributed by atoms with E-state index < -0.39 is 6.10 Å². The molecule has 1 aliphatic rings. The van der Waals surface area contributed by atoms with E-state index in [1.165, 1.54) is 17.7 Å². The zero-order chi connectivity index (χ0) is 13.7. The summed E-state index contributed by atoms with van der Waals surface area (Å²) in [5.74, 6) is 0. The minimum atomic E-state index is -0.487. The van der Waals surface area contributed by atoms with Crippen LogP contribution < -0.4 is 5.32 Å². The van der Waals surface area contributed by atoms with Gasteiger partial charge in [0.25, 0.3) is 0 Å². The molecule has 0 aromatic carbocycles. The van der Waals surface area contributed by atoms with E-state index in [4.69, 9.17) is 0 Å². The topological polar surface area (TPSA) is 55.8 Å². The predicted octanol–water partition coefficient (Wildman–Crippen LogP) is 0.881. The third-order valence-electron chi connectivity index (χ3n) is 3.21. The number of amides is 2. The molecular weight excluding hydrogens is 230 g/mol. The van der Waals surface area contributed by atoms with Crippen LogP contribution in [0.3, 0.4) is 0 Å². The summed E-state index contributed by atoms with van der Waals surface area (Å²) in [6.07, 6.45) is 2.08. The summed E-state index contributed by atoms with van der Waals surface area (Å²) in [7, 11) is 1.70. The molecule has 0 radical (unpaired) electrons. The van der Waals surface area contributed by atoms with Gasteiger partial charge in [-0.2, -0.15) is 0 Å². The molecule has 106 valence electrons. The molecule has 1 atom stereocenters. The van der Waals surface area contributed by atoms with Crippen LogP contribution in [0.5, 0.6) is 0 Å². The standard InChI is InChI=1S/C13H27N3O2/c1-10(2)16(12-5-6-12)8-7-14-13(18)15(4)9-11(3)17/h10-12,17H,5-9H2,1-4H3,(H,14,18). The lowest BCUT2D eigenvalue weighted by atomic mass is 10.3. The molecular formula is C13H27N3O2. The van der Waals surface area contributed by atoms with Crippen molar-refractivity contribution in [2.24, 2.45) is 0 Å². The van der Waals surface area contributed by atoms with Crippen molar-refractivity contribution in [1.29, 1.82) is 0 Å². The Bertz CT molecular complexity index is 263. The quantitative estimate of drug-likeness (QED) is 0.712. The van der Waals surface area contributed by atoms with Gasteiger partial charge in [0, 0.05) is 38.8 Å². The molecule has 0 aliphatic heterocycles. The van der Waals surface area contributed by atoms with Crippen molar-refractivity contribution in [3.63, 3.8) is 0 Å². The molecule has 1 unspecified atom stereocenters. The van der Waals surface area contributed by atoms with E-state index in [0.717, 1.165) is 12.6 Å². The zero-order valence-electron chi connectivity index (χ0n) is 12.0. The maximum Gasteiger partial charge on any atom is 0.317 e. The second kappa shape index (κ2) is 6.95. The highest BCUT2D eigenvalue weighted by Crippen LogP contribution is 2.27. The number of urea groups is 1. The van der Waals surface area contributed by atoms with E-state index >= 15 is 0 Å². The number of nitrogens with one attached hydrogen (secondary N) is 1. The summed E-state index contributed by atoms with van der Waals surface area (Å²) in [4.78, 5) is 15.7. The highest BCUT2D eigenvalue weighted by molar-refractivity contribution is 5.73. The van der Waals surface area contributed by atoms with Gasteiger partial charge in [-0.05, 0) is 33.6 Å². The van der Waals surface area contributed by atoms with E-state index in [2.05, 4.69) is 24.1 Å². The van der Waals surface area contributed by atoms with Crippen LogP contribution in [-0.2, 0) is 0 Å². The smallest absolute Gasteiger partial charge is 0.317 e. The minimum Gasteiger partial charge on any atom is -0.392 e. The number of likely N-dealkylation sites (N-methyl/N-ethyl adjacent to an activating group) is 1. The van der Waals surface area contributed by atoms with Crippen molar-refractivity contribution in [3.05, 3.63) is 0 Å². The fraction of sp³-hybridized carbons (Fsp3) is 0.923. The van der Waals surface area contributed by atoms with Gasteiger partial charge in [-0.3, -0.25) is 4.90 Å². The van der Waals surface area contributed by atoms with Crippen molar-refractivity contribution in [3.8, 4) is 0 Å². The number of hydrogen-bond acceptors (Lipinski definition) is 3. The van der Waals surface area contributed by atoms with Crippen molar-refractivity contribution >= 4 is 6.03 Å². The van der Waals surface area contributed by atoms with E-state index in [1.54, 1.807) is 14.0 Å². The molecule has 2 amide bonds. The van der Waals surface area contributed by atoms with E-state index in [0.29, 0.717) is 19.1 Å². The Balaban J connectivity index is 2.21. The molecule has 0 saturated heterocycles. The Hall–Kier alpha value is -0.810. The van der Waals surface area contributed by atoms with E-state index in [9.17, 15) is 9.90 Å². The second-order valence-electron chi connectivity index (χ2n) is 5.52. The summed E-state index contributed by atoms with van der Waals surface area (Å²) in [6.45, 7) is 7.99. The molecule has 0 aromatic rings. The predicted molar refractivity (Wildman–Crippen MR) is 72.6 cm³/mol. The van der Waals surface area contributed by atoms with Crippen LogP contribution in [0.2, 0.25) is 0 Å². The molecule has 0 spiro atoms. The Morgan fingerprint density at radius 3 is 2.44 bits per heavy atom. The first-order chi connectivity index (χ1) is 8.41. The number of hydrogen-bond donors (Lipinski definition) is 2. The van der Waals surface area contributed by atoms with Crippen molar-refractivity contribution in [2.45, 2.75) is 51.8 Å². The van der Waals surface area contributed by atoms with Gasteiger partial charge in [0.15, 0.2) is 0 Å². The van der Waals surface area contributed by atoms with Crippen LogP contribution in [0.15, 0.2) is 0 Å². The molecule has 1 fully saturated rings. The van der Waals surface area contributed by atoms with Crippen LogP contribution in [0, 0.1) is 0 Å². The highest BCUT2D eigenvalue weighted by atomic mass is 16.3. The summed E-state index contributed by atoms with van der Waals surface area (Å²) < 4.78 is 0. The SMILES string of the molecule is CC(O)CN(C)C(=O)NCCN(C(C)C)C1CC1.